The van der Waals surface area contributed by atoms with Crippen molar-refractivity contribution >= 4 is 28.4 Å². The molecule has 20 heavy (non-hydrogen) atoms. The van der Waals surface area contributed by atoms with Gasteiger partial charge in [0.15, 0.2) is 5.69 Å². The Morgan fingerprint density at radius 2 is 1.80 bits per heavy atom. The maximum Gasteiger partial charge on any atom is 0.574 e. The van der Waals surface area contributed by atoms with Crippen molar-refractivity contribution < 1.29 is 35.9 Å². The first-order chi connectivity index (χ1) is 8.95. The summed E-state index contributed by atoms with van der Waals surface area (Å²) in [6, 6.07) is 0.343. The molecule has 0 atom stereocenters. The number of alkyl halides is 7. The SMILES string of the molecule is O=C(Cl)c1cc(OC(F)(F)F)nc(C(F)(F)F)c1CCl. The Morgan fingerprint density at radius 3 is 2.15 bits per heavy atom. The van der Waals surface area contributed by atoms with Crippen LogP contribution in [0, 0.1) is 0 Å². The molecule has 0 fully saturated rings. The third-order valence-corrected chi connectivity index (χ3v) is 2.41. The van der Waals surface area contributed by atoms with E-state index in [2.05, 4.69) is 9.72 Å². The van der Waals surface area contributed by atoms with Crippen LogP contribution in [0.4, 0.5) is 26.3 Å². The van der Waals surface area contributed by atoms with Crippen molar-refractivity contribution in [3.63, 3.8) is 0 Å². The molecule has 0 N–H and O–H groups in total. The minimum atomic E-state index is -5.27. The maximum atomic E-state index is 12.7. The van der Waals surface area contributed by atoms with Crippen LogP contribution in [0.25, 0.3) is 0 Å². The molecule has 0 radical (unpaired) electrons. The van der Waals surface area contributed by atoms with Gasteiger partial charge in [-0.15, -0.1) is 24.8 Å². The van der Waals surface area contributed by atoms with E-state index in [1.165, 1.54) is 0 Å². The van der Waals surface area contributed by atoms with Gasteiger partial charge >= 0.3 is 12.5 Å². The highest BCUT2D eigenvalue weighted by Crippen LogP contribution is 2.36. The molecule has 1 rings (SSSR count). The fraction of sp³-hybridized carbons (Fsp3) is 0.333. The van der Waals surface area contributed by atoms with Crippen molar-refractivity contribution in [1.29, 1.82) is 0 Å². The Hall–Kier alpha value is -1.22. The number of aromatic nitrogens is 1. The van der Waals surface area contributed by atoms with Crippen LogP contribution in [0.2, 0.25) is 0 Å². The predicted molar refractivity (Wildman–Crippen MR) is 55.7 cm³/mol. The van der Waals surface area contributed by atoms with E-state index in [1.54, 1.807) is 0 Å². The number of nitrogens with zero attached hydrogens (tertiary/aromatic N) is 1. The zero-order valence-electron chi connectivity index (χ0n) is 9.07. The lowest BCUT2D eigenvalue weighted by Crippen LogP contribution is -2.21. The van der Waals surface area contributed by atoms with Crippen molar-refractivity contribution in [3.05, 3.63) is 22.9 Å². The van der Waals surface area contributed by atoms with E-state index in [-0.39, 0.29) is 0 Å². The number of rotatable bonds is 3. The quantitative estimate of drug-likeness (QED) is 0.471. The van der Waals surface area contributed by atoms with Crippen LogP contribution >= 0.6 is 23.2 Å². The van der Waals surface area contributed by atoms with Gasteiger partial charge in [0.2, 0.25) is 5.88 Å². The highest BCUT2D eigenvalue weighted by atomic mass is 35.5. The number of carbonyl (C=O) groups excluding carboxylic acids is 1. The summed E-state index contributed by atoms with van der Waals surface area (Å²) in [6.45, 7) is 0. The van der Waals surface area contributed by atoms with E-state index in [0.29, 0.717) is 6.07 Å². The van der Waals surface area contributed by atoms with Crippen LogP contribution in [0.3, 0.4) is 0 Å². The van der Waals surface area contributed by atoms with E-state index < -0.39 is 46.4 Å². The fourth-order valence-electron chi connectivity index (χ4n) is 1.26. The smallest absolute Gasteiger partial charge is 0.388 e. The lowest BCUT2D eigenvalue weighted by atomic mass is 10.1. The van der Waals surface area contributed by atoms with Gasteiger partial charge < -0.3 is 4.74 Å². The Morgan fingerprint density at radius 1 is 1.25 bits per heavy atom. The Labute approximate surface area is 117 Å². The number of halogens is 8. The Balaban J connectivity index is 3.52. The average Bonchev–Trinajstić information content (AvgIpc) is 2.24. The molecule has 0 unspecified atom stereocenters. The van der Waals surface area contributed by atoms with Crippen LogP contribution in [0.1, 0.15) is 21.6 Å². The first kappa shape index (κ1) is 16.8. The van der Waals surface area contributed by atoms with Crippen LogP contribution in [-0.4, -0.2) is 16.6 Å². The molecule has 0 aliphatic heterocycles. The van der Waals surface area contributed by atoms with Gasteiger partial charge in [0.05, 0.1) is 5.88 Å². The van der Waals surface area contributed by atoms with Gasteiger partial charge in [-0.05, 0) is 11.6 Å². The predicted octanol–water partition coefficient (Wildman–Crippen LogP) is 4.12. The molecule has 0 spiro atoms. The van der Waals surface area contributed by atoms with E-state index in [0.717, 1.165) is 0 Å². The number of ether oxygens (including phenoxy) is 1. The van der Waals surface area contributed by atoms with E-state index in [9.17, 15) is 31.1 Å². The Kier molecular flexibility index (Phi) is 4.75. The fourth-order valence-corrected chi connectivity index (χ4v) is 1.70. The second-order valence-corrected chi connectivity index (χ2v) is 3.90. The number of hydrogen-bond donors (Lipinski definition) is 0. The summed E-state index contributed by atoms with van der Waals surface area (Å²) in [6.07, 6.45) is -10.4. The molecule has 0 saturated heterocycles. The summed E-state index contributed by atoms with van der Waals surface area (Å²) >= 11 is 10.3. The molecule has 0 saturated carbocycles. The molecule has 0 aromatic carbocycles. The molecule has 112 valence electrons. The van der Waals surface area contributed by atoms with E-state index in [1.807, 2.05) is 0 Å². The lowest BCUT2D eigenvalue weighted by molar-refractivity contribution is -0.276. The minimum Gasteiger partial charge on any atom is -0.388 e. The maximum absolute atomic E-state index is 12.7. The highest BCUT2D eigenvalue weighted by molar-refractivity contribution is 6.68. The van der Waals surface area contributed by atoms with Crippen LogP contribution in [0.5, 0.6) is 5.88 Å². The minimum absolute atomic E-state index is 0.343. The van der Waals surface area contributed by atoms with Crippen molar-refractivity contribution in [2.75, 3.05) is 0 Å². The zero-order valence-corrected chi connectivity index (χ0v) is 10.6. The third-order valence-electron chi connectivity index (χ3n) is 1.93. The van der Waals surface area contributed by atoms with Gasteiger partial charge in [-0.25, -0.2) is 4.98 Å². The molecular weight excluding hydrogens is 339 g/mol. The molecule has 1 aromatic rings. The zero-order chi connectivity index (χ0) is 15.7. The van der Waals surface area contributed by atoms with Gasteiger partial charge in [-0.2, -0.15) is 13.2 Å². The molecule has 0 aliphatic carbocycles. The van der Waals surface area contributed by atoms with E-state index >= 15 is 0 Å². The molecule has 11 heteroatoms. The molecular formula is C9H3Cl2F6NO2. The molecule has 0 bridgehead atoms. The summed E-state index contributed by atoms with van der Waals surface area (Å²) < 4.78 is 77.3. The summed E-state index contributed by atoms with van der Waals surface area (Å²) in [5, 5.41) is -1.42. The second kappa shape index (κ2) is 5.65. The van der Waals surface area contributed by atoms with Crippen molar-refractivity contribution in [1.82, 2.24) is 4.98 Å². The van der Waals surface area contributed by atoms with Crippen molar-refractivity contribution in [2.24, 2.45) is 0 Å². The molecule has 1 aromatic heterocycles. The lowest BCUT2D eigenvalue weighted by Gasteiger charge is -2.15. The van der Waals surface area contributed by atoms with Gasteiger partial charge in [-0.1, -0.05) is 0 Å². The van der Waals surface area contributed by atoms with Crippen LogP contribution < -0.4 is 4.74 Å². The third kappa shape index (κ3) is 4.14. The highest BCUT2D eigenvalue weighted by Gasteiger charge is 2.39. The van der Waals surface area contributed by atoms with E-state index in [4.69, 9.17) is 23.2 Å². The summed E-state index contributed by atoms with van der Waals surface area (Å²) in [4.78, 5) is 13.7. The van der Waals surface area contributed by atoms with Gasteiger partial charge in [0, 0.05) is 17.2 Å². The largest absolute Gasteiger partial charge is 0.574 e. The summed E-state index contributed by atoms with van der Waals surface area (Å²) in [7, 11) is 0. The van der Waals surface area contributed by atoms with Gasteiger partial charge in [0.1, 0.15) is 0 Å². The topological polar surface area (TPSA) is 39.2 Å². The molecule has 3 nitrogen and oxygen atoms in total. The number of carbonyl (C=O) groups is 1. The number of pyridine rings is 1. The second-order valence-electron chi connectivity index (χ2n) is 3.29. The standard InChI is InChI=1S/C9H3Cl2F6NO2/c10-2-4-3(7(11)19)1-5(20-9(15,16)17)18-6(4)8(12,13)14/h1H,2H2. The normalized spacial score (nSPS) is 12.4. The van der Waals surface area contributed by atoms with Crippen molar-refractivity contribution in [2.45, 2.75) is 18.4 Å². The molecule has 0 amide bonds. The van der Waals surface area contributed by atoms with Gasteiger partial charge in [-0.3, -0.25) is 4.79 Å². The first-order valence-corrected chi connectivity index (χ1v) is 5.49. The Bertz CT molecular complexity index is 528. The molecule has 1 heterocycles. The average molecular weight is 342 g/mol. The van der Waals surface area contributed by atoms with Gasteiger partial charge in [0.25, 0.3) is 5.24 Å². The number of hydrogen-bond acceptors (Lipinski definition) is 3. The van der Waals surface area contributed by atoms with Crippen LogP contribution in [-0.2, 0) is 12.1 Å². The molecule has 0 aliphatic rings. The summed E-state index contributed by atoms with van der Waals surface area (Å²) in [5.74, 6) is -2.27. The monoisotopic (exact) mass is 341 g/mol. The first-order valence-electron chi connectivity index (χ1n) is 4.58. The summed E-state index contributed by atoms with van der Waals surface area (Å²) in [5.41, 5.74) is -3.45. The van der Waals surface area contributed by atoms with Crippen LogP contribution in [0.15, 0.2) is 6.07 Å². The van der Waals surface area contributed by atoms with Crippen molar-refractivity contribution in [3.8, 4) is 5.88 Å².